The average Bonchev–Trinajstić information content (AvgIpc) is 3.30. The van der Waals surface area contributed by atoms with Crippen molar-refractivity contribution in [3.8, 4) is 0 Å². The Kier molecular flexibility index (Phi) is 9.37. The molecule has 14 nitrogen and oxygen atoms in total. The molecule has 2 aliphatic heterocycles. The Morgan fingerprint density at radius 3 is 2.29 bits per heavy atom. The lowest BCUT2D eigenvalue weighted by atomic mass is 9.98. The molecular weight excluding hydrogens is 474 g/mol. The first kappa shape index (κ1) is 27.5. The predicted octanol–water partition coefficient (Wildman–Crippen LogP) is 0.535. The Morgan fingerprint density at radius 1 is 1.21 bits per heavy atom. The summed E-state index contributed by atoms with van der Waals surface area (Å²) in [4.78, 5) is 39.7. The van der Waals surface area contributed by atoms with Crippen molar-refractivity contribution in [1.82, 2.24) is 24.6 Å². The summed E-state index contributed by atoms with van der Waals surface area (Å²) in [7, 11) is -3.86. The highest BCUT2D eigenvalue weighted by molar-refractivity contribution is 7.80. The largest absolute Gasteiger partial charge is 0.467 e. The highest BCUT2D eigenvalue weighted by Gasteiger charge is 2.54. The van der Waals surface area contributed by atoms with Crippen molar-refractivity contribution in [2.45, 2.75) is 46.3 Å². The SMILES string of the molecule is CCN(CC)CC.CCOC(=O)Cn1cc2c(n1)C(C(=O)OC)N1CC2N(OS(=O)(=O)O)C1=O. The lowest BCUT2D eigenvalue weighted by Crippen LogP contribution is -2.39. The summed E-state index contributed by atoms with van der Waals surface area (Å²) in [5.41, 5.74) is 0.387. The molecule has 2 bridgehead atoms. The molecule has 2 atom stereocenters. The molecule has 1 aromatic heterocycles. The van der Waals surface area contributed by atoms with E-state index < -0.39 is 40.5 Å². The molecule has 1 N–H and O–H groups in total. The first-order valence-electron chi connectivity index (χ1n) is 10.8. The van der Waals surface area contributed by atoms with Crippen LogP contribution in [0.3, 0.4) is 0 Å². The fraction of sp³-hybridized carbons (Fsp3) is 0.684. The van der Waals surface area contributed by atoms with E-state index in [-0.39, 0.29) is 31.0 Å². The second-order valence-electron chi connectivity index (χ2n) is 7.30. The maximum absolute atomic E-state index is 12.4. The van der Waals surface area contributed by atoms with Crippen LogP contribution in [-0.2, 0) is 40.3 Å². The number of amides is 2. The van der Waals surface area contributed by atoms with Gasteiger partial charge in [0.25, 0.3) is 0 Å². The van der Waals surface area contributed by atoms with Gasteiger partial charge in [0, 0.05) is 11.8 Å². The van der Waals surface area contributed by atoms with Crippen LogP contribution in [0.1, 0.15) is 51.0 Å². The van der Waals surface area contributed by atoms with Gasteiger partial charge in [0.15, 0.2) is 6.04 Å². The zero-order chi connectivity index (χ0) is 25.6. The maximum Gasteiger partial charge on any atom is 0.418 e. The molecule has 0 spiro atoms. The minimum absolute atomic E-state index is 0.105. The number of urea groups is 1. The molecular formula is C19H31N5O9S. The number of methoxy groups -OCH3 is 1. The molecule has 2 aliphatic rings. The van der Waals surface area contributed by atoms with E-state index in [0.717, 1.165) is 12.0 Å². The lowest BCUT2D eigenvalue weighted by molar-refractivity contribution is -0.146. The summed E-state index contributed by atoms with van der Waals surface area (Å²) in [5, 5.41) is 4.59. The van der Waals surface area contributed by atoms with Gasteiger partial charge in [0.2, 0.25) is 0 Å². The number of nitrogens with zero attached hydrogens (tertiary/aromatic N) is 5. The van der Waals surface area contributed by atoms with Gasteiger partial charge >= 0.3 is 28.4 Å². The minimum Gasteiger partial charge on any atom is -0.467 e. The third kappa shape index (κ3) is 6.22. The molecule has 0 aromatic carbocycles. The third-order valence-electron chi connectivity index (χ3n) is 5.37. The van der Waals surface area contributed by atoms with Crippen molar-refractivity contribution < 1.29 is 41.1 Å². The number of carbonyl (C=O) groups excluding carboxylic acids is 3. The molecule has 1 fully saturated rings. The summed E-state index contributed by atoms with van der Waals surface area (Å²) in [6.45, 7) is 11.6. The number of esters is 2. The number of aromatic nitrogens is 2. The van der Waals surface area contributed by atoms with E-state index in [2.05, 4.69) is 35.1 Å². The summed E-state index contributed by atoms with van der Waals surface area (Å²) < 4.78 is 46.2. The van der Waals surface area contributed by atoms with E-state index in [9.17, 15) is 22.8 Å². The van der Waals surface area contributed by atoms with Gasteiger partial charge in [0.1, 0.15) is 18.3 Å². The Balaban J connectivity index is 0.000000509. The van der Waals surface area contributed by atoms with Crippen molar-refractivity contribution >= 4 is 28.4 Å². The van der Waals surface area contributed by atoms with Gasteiger partial charge in [-0.2, -0.15) is 18.6 Å². The van der Waals surface area contributed by atoms with E-state index in [1.54, 1.807) is 6.92 Å². The van der Waals surface area contributed by atoms with Gasteiger partial charge in [0.05, 0.1) is 20.3 Å². The van der Waals surface area contributed by atoms with E-state index in [0.29, 0.717) is 5.06 Å². The van der Waals surface area contributed by atoms with Crippen molar-refractivity contribution in [3.05, 3.63) is 17.5 Å². The van der Waals surface area contributed by atoms with Gasteiger partial charge in [-0.25, -0.2) is 9.59 Å². The molecule has 2 unspecified atom stereocenters. The van der Waals surface area contributed by atoms with Crippen LogP contribution in [0.4, 0.5) is 4.79 Å². The van der Waals surface area contributed by atoms with Crippen LogP contribution in [0.2, 0.25) is 0 Å². The second-order valence-corrected chi connectivity index (χ2v) is 8.30. The van der Waals surface area contributed by atoms with Crippen LogP contribution in [0.25, 0.3) is 0 Å². The number of carbonyl (C=O) groups is 3. The molecule has 3 rings (SSSR count). The maximum atomic E-state index is 12.4. The summed E-state index contributed by atoms with van der Waals surface area (Å²) in [6, 6.07) is -3.18. The smallest absolute Gasteiger partial charge is 0.418 e. The summed E-state index contributed by atoms with van der Waals surface area (Å²) in [5.74, 6) is -1.38. The number of hydrogen-bond acceptors (Lipinski definition) is 10. The van der Waals surface area contributed by atoms with Gasteiger partial charge in [-0.05, 0) is 26.6 Å². The van der Waals surface area contributed by atoms with Crippen molar-refractivity contribution in [2.75, 3.05) is 39.9 Å². The Hall–Kier alpha value is -2.75. The number of fused-ring (bicyclic) bond motifs is 4. The molecule has 3 heterocycles. The zero-order valence-corrected chi connectivity index (χ0v) is 20.6. The molecule has 0 aliphatic carbocycles. The molecule has 1 saturated heterocycles. The van der Waals surface area contributed by atoms with E-state index >= 15 is 0 Å². The standard InChI is InChI=1S/C13H16N4O9S.C6H15N/c1-3-25-9(18)6-15-4-7-8-5-16(11(10(7)14-15)12(19)24-2)13(20)17(8)26-27(21,22)23;1-4-7(5-2)6-3/h4,8,11H,3,5-6H2,1-2H3,(H,21,22,23);4-6H2,1-3H3. The van der Waals surface area contributed by atoms with E-state index in [4.69, 9.17) is 14.0 Å². The first-order valence-corrected chi connectivity index (χ1v) is 12.2. The summed E-state index contributed by atoms with van der Waals surface area (Å²) >= 11 is 0. The first-order chi connectivity index (χ1) is 16.0. The van der Waals surface area contributed by atoms with Gasteiger partial charge in [-0.1, -0.05) is 20.8 Å². The molecule has 192 valence electrons. The normalized spacial score (nSPS) is 19.0. The number of hydrogen-bond donors (Lipinski definition) is 1. The molecule has 0 saturated carbocycles. The number of hydroxylamine groups is 2. The minimum atomic E-state index is -4.98. The van der Waals surface area contributed by atoms with Crippen LogP contribution in [-0.4, -0.2) is 95.5 Å². The molecule has 15 heteroatoms. The Bertz CT molecular complexity index is 987. The topological polar surface area (TPSA) is 161 Å². The average molecular weight is 506 g/mol. The van der Waals surface area contributed by atoms with E-state index in [1.807, 2.05) is 0 Å². The zero-order valence-electron chi connectivity index (χ0n) is 19.8. The van der Waals surface area contributed by atoms with Crippen LogP contribution in [0.15, 0.2) is 6.20 Å². The molecule has 0 radical (unpaired) electrons. The van der Waals surface area contributed by atoms with Crippen LogP contribution in [0, 0.1) is 0 Å². The van der Waals surface area contributed by atoms with Gasteiger partial charge in [-0.3, -0.25) is 14.0 Å². The number of ether oxygens (including phenoxy) is 2. The van der Waals surface area contributed by atoms with Crippen LogP contribution >= 0.6 is 0 Å². The Labute approximate surface area is 198 Å². The predicted molar refractivity (Wildman–Crippen MR) is 116 cm³/mol. The van der Waals surface area contributed by atoms with Crippen molar-refractivity contribution in [2.24, 2.45) is 0 Å². The van der Waals surface area contributed by atoms with Crippen LogP contribution < -0.4 is 0 Å². The van der Waals surface area contributed by atoms with Crippen LogP contribution in [0.5, 0.6) is 0 Å². The number of rotatable bonds is 9. The van der Waals surface area contributed by atoms with Crippen molar-refractivity contribution in [1.29, 1.82) is 0 Å². The summed E-state index contributed by atoms with van der Waals surface area (Å²) in [6.07, 6.45) is 1.38. The fourth-order valence-electron chi connectivity index (χ4n) is 3.73. The van der Waals surface area contributed by atoms with Gasteiger partial charge < -0.3 is 19.3 Å². The highest BCUT2D eigenvalue weighted by atomic mass is 32.3. The lowest BCUT2D eigenvalue weighted by Gasteiger charge is -2.27. The second kappa shape index (κ2) is 11.6. The van der Waals surface area contributed by atoms with Crippen molar-refractivity contribution in [3.63, 3.8) is 0 Å². The quantitative estimate of drug-likeness (QED) is 0.368. The monoisotopic (exact) mass is 505 g/mol. The highest BCUT2D eigenvalue weighted by Crippen LogP contribution is 2.44. The molecule has 1 aromatic rings. The molecule has 34 heavy (non-hydrogen) atoms. The van der Waals surface area contributed by atoms with E-state index in [1.165, 1.54) is 30.5 Å². The van der Waals surface area contributed by atoms with Gasteiger partial charge in [-0.15, -0.1) is 4.28 Å². The molecule has 2 amide bonds. The third-order valence-corrected chi connectivity index (χ3v) is 5.72. The fourth-order valence-corrected chi connectivity index (χ4v) is 4.10. The Morgan fingerprint density at radius 2 is 1.82 bits per heavy atom.